The summed E-state index contributed by atoms with van der Waals surface area (Å²) in [6.07, 6.45) is 1.31. The maximum Gasteiger partial charge on any atom is 0.224 e. The highest BCUT2D eigenvalue weighted by molar-refractivity contribution is 5.79. The third kappa shape index (κ3) is 5.49. The first-order valence-electron chi connectivity index (χ1n) is 8.85. The van der Waals surface area contributed by atoms with Gasteiger partial charge >= 0.3 is 0 Å². The van der Waals surface area contributed by atoms with Crippen molar-refractivity contribution in [1.29, 1.82) is 0 Å². The first kappa shape index (κ1) is 18.7. The van der Waals surface area contributed by atoms with E-state index in [2.05, 4.69) is 29.1 Å². The van der Waals surface area contributed by atoms with Gasteiger partial charge in [-0.05, 0) is 26.5 Å². The number of rotatable bonds is 7. The number of nitrogens with zero attached hydrogens (tertiary/aromatic N) is 2. The van der Waals surface area contributed by atoms with E-state index in [-0.39, 0.29) is 11.9 Å². The normalized spacial score (nSPS) is 17.5. The third-order valence-corrected chi connectivity index (χ3v) is 4.72. The fourth-order valence-electron chi connectivity index (χ4n) is 3.12. The first-order valence-corrected chi connectivity index (χ1v) is 8.85. The fourth-order valence-corrected chi connectivity index (χ4v) is 3.12. The van der Waals surface area contributed by atoms with Crippen LogP contribution in [0.1, 0.15) is 24.5 Å². The molecule has 1 aromatic rings. The first-order chi connectivity index (χ1) is 11.5. The minimum Gasteiger partial charge on any atom is -0.496 e. The maximum atomic E-state index is 12.5. The molecule has 0 saturated carbocycles. The Hall–Kier alpha value is -1.59. The molecule has 1 aromatic carbocycles. The lowest BCUT2D eigenvalue weighted by Crippen LogP contribution is -2.50. The van der Waals surface area contributed by atoms with Gasteiger partial charge in [-0.2, -0.15) is 0 Å². The number of hydrogen-bond acceptors (Lipinski definition) is 4. The molecule has 0 radical (unpaired) electrons. The SMILES string of the molecule is CCC(CN1CCN(C)CC1)NC(=O)Cc1cc(C)ccc1OC. The molecule has 24 heavy (non-hydrogen) atoms. The summed E-state index contributed by atoms with van der Waals surface area (Å²) in [5.41, 5.74) is 2.09. The molecule has 1 unspecified atom stereocenters. The zero-order valence-corrected chi connectivity index (χ0v) is 15.5. The summed E-state index contributed by atoms with van der Waals surface area (Å²) in [5, 5.41) is 3.19. The average molecular weight is 333 g/mol. The number of piperazine rings is 1. The van der Waals surface area contributed by atoms with Crippen LogP contribution in [0, 0.1) is 6.92 Å². The Labute approximate surface area is 146 Å². The second kappa shape index (κ2) is 9.04. The molecule has 2 rings (SSSR count). The van der Waals surface area contributed by atoms with E-state index >= 15 is 0 Å². The number of carbonyl (C=O) groups is 1. The molecule has 0 bridgehead atoms. The number of carbonyl (C=O) groups excluding carboxylic acids is 1. The molecule has 0 aliphatic carbocycles. The van der Waals surface area contributed by atoms with Gasteiger partial charge in [0.2, 0.25) is 5.91 Å². The van der Waals surface area contributed by atoms with Crippen molar-refractivity contribution in [2.45, 2.75) is 32.7 Å². The maximum absolute atomic E-state index is 12.5. The zero-order valence-electron chi connectivity index (χ0n) is 15.5. The molecular weight excluding hydrogens is 302 g/mol. The van der Waals surface area contributed by atoms with Crippen LogP contribution < -0.4 is 10.1 Å². The largest absolute Gasteiger partial charge is 0.496 e. The minimum absolute atomic E-state index is 0.0693. The Balaban J connectivity index is 1.89. The number of hydrogen-bond donors (Lipinski definition) is 1. The van der Waals surface area contributed by atoms with Crippen LogP contribution >= 0.6 is 0 Å². The van der Waals surface area contributed by atoms with Crippen molar-refractivity contribution in [1.82, 2.24) is 15.1 Å². The van der Waals surface area contributed by atoms with Crippen LogP contribution in [-0.2, 0) is 11.2 Å². The van der Waals surface area contributed by atoms with Crippen molar-refractivity contribution in [3.8, 4) is 5.75 Å². The Morgan fingerprint density at radius 3 is 2.62 bits per heavy atom. The molecule has 5 nitrogen and oxygen atoms in total. The summed E-state index contributed by atoms with van der Waals surface area (Å²) in [7, 11) is 3.81. The van der Waals surface area contributed by atoms with E-state index in [9.17, 15) is 4.79 Å². The number of aryl methyl sites for hydroxylation is 1. The summed E-state index contributed by atoms with van der Waals surface area (Å²) < 4.78 is 5.37. The van der Waals surface area contributed by atoms with E-state index < -0.39 is 0 Å². The Morgan fingerprint density at radius 2 is 2.00 bits per heavy atom. The number of likely N-dealkylation sites (N-methyl/N-ethyl adjacent to an activating group) is 1. The lowest BCUT2D eigenvalue weighted by Gasteiger charge is -2.34. The molecule has 5 heteroatoms. The number of amides is 1. The monoisotopic (exact) mass is 333 g/mol. The standard InChI is InChI=1S/C19H31N3O2/c1-5-17(14-22-10-8-21(3)9-11-22)20-19(23)13-16-12-15(2)6-7-18(16)24-4/h6-7,12,17H,5,8-11,13-14H2,1-4H3,(H,20,23). The van der Waals surface area contributed by atoms with Gasteiger partial charge < -0.3 is 15.0 Å². The van der Waals surface area contributed by atoms with Gasteiger partial charge in [0.15, 0.2) is 0 Å². The van der Waals surface area contributed by atoms with Gasteiger partial charge in [-0.1, -0.05) is 24.6 Å². The van der Waals surface area contributed by atoms with Crippen molar-refractivity contribution < 1.29 is 9.53 Å². The van der Waals surface area contributed by atoms with Gasteiger partial charge in [0.25, 0.3) is 0 Å². The predicted molar refractivity (Wildman–Crippen MR) is 97.6 cm³/mol. The summed E-state index contributed by atoms with van der Waals surface area (Å²) >= 11 is 0. The highest BCUT2D eigenvalue weighted by atomic mass is 16.5. The summed E-state index contributed by atoms with van der Waals surface area (Å²) in [4.78, 5) is 17.3. The summed E-state index contributed by atoms with van der Waals surface area (Å²) in [6.45, 7) is 9.46. The molecule has 1 amide bonds. The van der Waals surface area contributed by atoms with Gasteiger partial charge in [0.1, 0.15) is 5.75 Å². The highest BCUT2D eigenvalue weighted by Gasteiger charge is 2.19. The number of ether oxygens (including phenoxy) is 1. The second-order valence-electron chi connectivity index (χ2n) is 6.77. The Morgan fingerprint density at radius 1 is 1.29 bits per heavy atom. The molecule has 134 valence electrons. The minimum atomic E-state index is 0.0693. The van der Waals surface area contributed by atoms with Crippen LogP contribution in [0.5, 0.6) is 5.75 Å². The van der Waals surface area contributed by atoms with Crippen molar-refractivity contribution in [2.75, 3.05) is 46.9 Å². The van der Waals surface area contributed by atoms with Gasteiger partial charge in [0, 0.05) is 44.3 Å². The summed E-state index contributed by atoms with van der Waals surface area (Å²) in [6, 6.07) is 6.17. The third-order valence-electron chi connectivity index (χ3n) is 4.72. The topological polar surface area (TPSA) is 44.8 Å². The second-order valence-corrected chi connectivity index (χ2v) is 6.77. The molecule has 1 atom stereocenters. The van der Waals surface area contributed by atoms with E-state index in [1.807, 2.05) is 25.1 Å². The lowest BCUT2D eigenvalue weighted by molar-refractivity contribution is -0.121. The highest BCUT2D eigenvalue weighted by Crippen LogP contribution is 2.20. The Bertz CT molecular complexity index is 539. The molecule has 1 N–H and O–H groups in total. The zero-order chi connectivity index (χ0) is 17.5. The molecule has 0 aromatic heterocycles. The van der Waals surface area contributed by atoms with E-state index in [1.54, 1.807) is 7.11 Å². The Kier molecular flexibility index (Phi) is 7.06. The number of benzene rings is 1. The lowest BCUT2D eigenvalue weighted by atomic mass is 10.1. The van der Waals surface area contributed by atoms with Crippen LogP contribution in [0.4, 0.5) is 0 Å². The van der Waals surface area contributed by atoms with Gasteiger partial charge in [-0.15, -0.1) is 0 Å². The van der Waals surface area contributed by atoms with Gasteiger partial charge in [0.05, 0.1) is 13.5 Å². The van der Waals surface area contributed by atoms with Crippen LogP contribution in [-0.4, -0.2) is 68.6 Å². The van der Waals surface area contributed by atoms with Crippen LogP contribution in [0.25, 0.3) is 0 Å². The van der Waals surface area contributed by atoms with E-state index in [0.717, 1.165) is 56.0 Å². The van der Waals surface area contributed by atoms with E-state index in [0.29, 0.717) is 6.42 Å². The van der Waals surface area contributed by atoms with Crippen LogP contribution in [0.3, 0.4) is 0 Å². The van der Waals surface area contributed by atoms with Crippen molar-refractivity contribution in [3.63, 3.8) is 0 Å². The molecule has 1 saturated heterocycles. The quantitative estimate of drug-likeness (QED) is 0.825. The number of nitrogens with one attached hydrogen (secondary N) is 1. The van der Waals surface area contributed by atoms with Crippen molar-refractivity contribution in [3.05, 3.63) is 29.3 Å². The molecule has 1 fully saturated rings. The average Bonchev–Trinajstić information content (AvgIpc) is 2.56. The van der Waals surface area contributed by atoms with E-state index in [4.69, 9.17) is 4.74 Å². The summed E-state index contributed by atoms with van der Waals surface area (Å²) in [5.74, 6) is 0.850. The van der Waals surface area contributed by atoms with Gasteiger partial charge in [-0.3, -0.25) is 9.69 Å². The van der Waals surface area contributed by atoms with Crippen LogP contribution in [0.2, 0.25) is 0 Å². The van der Waals surface area contributed by atoms with Crippen molar-refractivity contribution in [2.24, 2.45) is 0 Å². The predicted octanol–water partition coefficient (Wildman–Crippen LogP) is 1.69. The van der Waals surface area contributed by atoms with E-state index in [1.165, 1.54) is 0 Å². The molecule has 1 heterocycles. The molecule has 1 aliphatic heterocycles. The molecule has 0 spiro atoms. The molecular formula is C19H31N3O2. The number of methoxy groups -OCH3 is 1. The van der Waals surface area contributed by atoms with Crippen molar-refractivity contribution >= 4 is 5.91 Å². The fraction of sp³-hybridized carbons (Fsp3) is 0.632. The van der Waals surface area contributed by atoms with Crippen LogP contribution in [0.15, 0.2) is 18.2 Å². The van der Waals surface area contributed by atoms with Gasteiger partial charge in [-0.25, -0.2) is 0 Å². The molecule has 1 aliphatic rings. The smallest absolute Gasteiger partial charge is 0.224 e.